The van der Waals surface area contributed by atoms with Crippen LogP contribution in [-0.4, -0.2) is 20.0 Å². The van der Waals surface area contributed by atoms with Crippen molar-refractivity contribution in [1.29, 1.82) is 0 Å². The second-order valence-electron chi connectivity index (χ2n) is 4.00. The average molecular weight is 239 g/mol. The van der Waals surface area contributed by atoms with Crippen LogP contribution in [0.2, 0.25) is 0 Å². The summed E-state index contributed by atoms with van der Waals surface area (Å²) < 4.78 is 6.81. The van der Waals surface area contributed by atoms with Crippen LogP contribution >= 0.6 is 12.2 Å². The van der Waals surface area contributed by atoms with Crippen molar-refractivity contribution in [2.24, 2.45) is 5.92 Å². The highest BCUT2D eigenvalue weighted by atomic mass is 32.1. The van der Waals surface area contributed by atoms with Crippen molar-refractivity contribution < 1.29 is 4.52 Å². The summed E-state index contributed by atoms with van der Waals surface area (Å²) in [6.45, 7) is 4.22. The van der Waals surface area contributed by atoms with E-state index in [-0.39, 0.29) is 0 Å². The summed E-state index contributed by atoms with van der Waals surface area (Å²) in [5, 5.41) is 10.5. The van der Waals surface area contributed by atoms with Gasteiger partial charge in [0, 0.05) is 12.5 Å². The number of rotatable bonds is 3. The molecule has 0 atom stereocenters. The van der Waals surface area contributed by atoms with Gasteiger partial charge in [-0.05, 0) is 18.1 Å². The topological polar surface area (TPSA) is 85.7 Å². The molecular weight excluding hydrogens is 226 g/mol. The molecule has 6 nitrogen and oxygen atoms in total. The Morgan fingerprint density at radius 2 is 2.38 bits per heavy atom. The molecule has 0 bridgehead atoms. The van der Waals surface area contributed by atoms with Crippen LogP contribution in [0.4, 0.5) is 0 Å². The Labute approximate surface area is 97.4 Å². The molecule has 7 heteroatoms. The van der Waals surface area contributed by atoms with Gasteiger partial charge in [0.15, 0.2) is 5.69 Å². The first-order chi connectivity index (χ1) is 7.58. The number of nitrogens with two attached hydrogens (primary N) is 1. The molecule has 2 aromatic heterocycles. The van der Waals surface area contributed by atoms with E-state index in [0.29, 0.717) is 22.2 Å². The second-order valence-corrected chi connectivity index (χ2v) is 4.39. The molecule has 0 aliphatic carbocycles. The Kier molecular flexibility index (Phi) is 2.78. The van der Waals surface area contributed by atoms with E-state index in [1.54, 1.807) is 0 Å². The van der Waals surface area contributed by atoms with E-state index in [9.17, 15) is 0 Å². The molecule has 0 fully saturated rings. The lowest BCUT2D eigenvalue weighted by Crippen LogP contribution is -2.09. The van der Waals surface area contributed by atoms with Gasteiger partial charge < -0.3 is 10.4 Å². The van der Waals surface area contributed by atoms with Gasteiger partial charge in [-0.1, -0.05) is 19.0 Å². The Bertz CT molecular complexity index is 538. The first-order valence-corrected chi connectivity index (χ1v) is 5.37. The van der Waals surface area contributed by atoms with Crippen molar-refractivity contribution in [1.82, 2.24) is 20.0 Å². The summed E-state index contributed by atoms with van der Waals surface area (Å²) in [7, 11) is 0. The quantitative estimate of drug-likeness (QED) is 0.626. The molecule has 2 aromatic rings. The van der Waals surface area contributed by atoms with E-state index in [4.69, 9.17) is 22.6 Å². The van der Waals surface area contributed by atoms with Gasteiger partial charge in [-0.15, -0.1) is 0 Å². The molecule has 0 saturated heterocycles. The Balaban J connectivity index is 2.31. The Hall–Kier alpha value is -1.63. The lowest BCUT2D eigenvalue weighted by molar-refractivity contribution is 0.370. The highest BCUT2D eigenvalue weighted by molar-refractivity contribution is 7.71. The second kappa shape index (κ2) is 4.09. The minimum absolute atomic E-state index is 0.350. The number of hydrogen-bond acceptors (Lipinski definition) is 5. The summed E-state index contributed by atoms with van der Waals surface area (Å²) in [6, 6.07) is 1.83. The molecule has 0 aromatic carbocycles. The summed E-state index contributed by atoms with van der Waals surface area (Å²) in [4.78, 5) is 0. The molecule has 2 heterocycles. The van der Waals surface area contributed by atoms with Gasteiger partial charge in [0.2, 0.25) is 10.6 Å². The van der Waals surface area contributed by atoms with Gasteiger partial charge in [-0.2, -0.15) is 5.10 Å². The zero-order valence-electron chi connectivity index (χ0n) is 9.10. The lowest BCUT2D eigenvalue weighted by atomic mass is 10.1. The first kappa shape index (κ1) is 10.9. The molecule has 0 amide bonds. The highest BCUT2D eigenvalue weighted by Gasteiger charge is 2.13. The van der Waals surface area contributed by atoms with Crippen molar-refractivity contribution in [2.75, 3.05) is 5.84 Å². The summed E-state index contributed by atoms with van der Waals surface area (Å²) in [5.41, 5.74) is 0.588. The fourth-order valence-electron chi connectivity index (χ4n) is 1.40. The molecule has 86 valence electrons. The zero-order valence-corrected chi connectivity index (χ0v) is 9.91. The van der Waals surface area contributed by atoms with Crippen LogP contribution in [0.5, 0.6) is 0 Å². The maximum absolute atomic E-state index is 5.68. The van der Waals surface area contributed by atoms with Gasteiger partial charge >= 0.3 is 0 Å². The molecule has 2 rings (SSSR count). The van der Waals surface area contributed by atoms with Gasteiger partial charge in [0.05, 0.1) is 0 Å². The van der Waals surface area contributed by atoms with E-state index >= 15 is 0 Å². The van der Waals surface area contributed by atoms with Crippen LogP contribution in [0.3, 0.4) is 0 Å². The fraction of sp³-hybridized carbons (Fsp3) is 0.444. The number of nitrogens with zero attached hydrogens (tertiary/aromatic N) is 3. The lowest BCUT2D eigenvalue weighted by Gasteiger charge is -1.97. The Morgan fingerprint density at radius 3 is 2.94 bits per heavy atom. The van der Waals surface area contributed by atoms with Gasteiger partial charge in [-0.3, -0.25) is 0 Å². The number of aromatic amines is 1. The molecule has 0 unspecified atom stereocenters. The van der Waals surface area contributed by atoms with Crippen LogP contribution in [0.1, 0.15) is 19.6 Å². The van der Waals surface area contributed by atoms with E-state index in [0.717, 1.165) is 12.2 Å². The molecule has 0 saturated carbocycles. The number of nitrogen functional groups attached to an aromatic ring is 1. The van der Waals surface area contributed by atoms with E-state index in [1.807, 2.05) is 6.07 Å². The van der Waals surface area contributed by atoms with Gasteiger partial charge in [-0.25, -0.2) is 9.77 Å². The molecule has 16 heavy (non-hydrogen) atoms. The van der Waals surface area contributed by atoms with E-state index in [1.165, 1.54) is 4.68 Å². The maximum atomic E-state index is 5.68. The van der Waals surface area contributed by atoms with Crippen molar-refractivity contribution >= 4 is 12.2 Å². The zero-order chi connectivity index (χ0) is 11.7. The predicted molar refractivity (Wildman–Crippen MR) is 61.6 cm³/mol. The van der Waals surface area contributed by atoms with Crippen LogP contribution < -0.4 is 5.84 Å². The average Bonchev–Trinajstić information content (AvgIpc) is 2.75. The normalized spacial score (nSPS) is 11.2. The predicted octanol–water partition coefficient (Wildman–Crippen LogP) is 1.51. The first-order valence-electron chi connectivity index (χ1n) is 4.96. The van der Waals surface area contributed by atoms with E-state index in [2.05, 4.69) is 29.2 Å². The van der Waals surface area contributed by atoms with Crippen molar-refractivity contribution in [3.8, 4) is 11.5 Å². The van der Waals surface area contributed by atoms with Crippen LogP contribution in [0.15, 0.2) is 10.6 Å². The summed E-state index contributed by atoms with van der Waals surface area (Å²) >= 11 is 4.91. The molecule has 0 spiro atoms. The maximum Gasteiger partial charge on any atom is 0.214 e. The number of nitrogens with one attached hydrogen (secondary N) is 1. The third kappa shape index (κ3) is 1.99. The molecule has 0 aliphatic rings. The minimum atomic E-state index is 0.350. The number of H-pyrrole nitrogens is 1. The fourth-order valence-corrected chi connectivity index (χ4v) is 1.53. The SMILES string of the molecule is CC(C)Cc1cc(-c2n[nH]c(=S)n2N)no1. The molecule has 0 radical (unpaired) electrons. The van der Waals surface area contributed by atoms with Crippen LogP contribution in [0.25, 0.3) is 11.5 Å². The third-order valence-corrected chi connectivity index (χ3v) is 2.39. The van der Waals surface area contributed by atoms with Crippen LogP contribution in [-0.2, 0) is 6.42 Å². The van der Waals surface area contributed by atoms with Crippen molar-refractivity contribution in [3.05, 3.63) is 16.6 Å². The summed E-state index contributed by atoms with van der Waals surface area (Å²) in [5.74, 6) is 7.49. The third-order valence-electron chi connectivity index (χ3n) is 2.10. The molecule has 3 N–H and O–H groups in total. The van der Waals surface area contributed by atoms with Crippen molar-refractivity contribution in [3.63, 3.8) is 0 Å². The Morgan fingerprint density at radius 1 is 1.62 bits per heavy atom. The number of aromatic nitrogens is 4. The summed E-state index contributed by atoms with van der Waals surface area (Å²) in [6.07, 6.45) is 0.836. The van der Waals surface area contributed by atoms with Gasteiger partial charge in [0.25, 0.3) is 0 Å². The monoisotopic (exact) mass is 239 g/mol. The minimum Gasteiger partial charge on any atom is -0.361 e. The molecule has 0 aliphatic heterocycles. The smallest absolute Gasteiger partial charge is 0.214 e. The largest absolute Gasteiger partial charge is 0.361 e. The van der Waals surface area contributed by atoms with E-state index < -0.39 is 0 Å². The number of hydrogen-bond donors (Lipinski definition) is 2. The van der Waals surface area contributed by atoms with Crippen molar-refractivity contribution in [2.45, 2.75) is 20.3 Å². The van der Waals surface area contributed by atoms with Gasteiger partial charge in [0.1, 0.15) is 5.76 Å². The highest BCUT2D eigenvalue weighted by Crippen LogP contribution is 2.17. The molecular formula is C9H13N5OS. The van der Waals surface area contributed by atoms with Crippen LogP contribution in [0, 0.1) is 10.7 Å². The standard InChI is InChI=1S/C9H13N5OS/c1-5(2)3-6-4-7(13-15-6)8-11-12-9(16)14(8)10/h4-5H,3,10H2,1-2H3,(H,12,16).